The van der Waals surface area contributed by atoms with Gasteiger partial charge in [-0.2, -0.15) is 5.10 Å². The summed E-state index contributed by atoms with van der Waals surface area (Å²) in [6.07, 6.45) is 3.56. The maximum Gasteiger partial charge on any atom is 0.195 e. The second-order valence-corrected chi connectivity index (χ2v) is 6.00. The van der Waals surface area contributed by atoms with E-state index in [-0.39, 0.29) is 6.04 Å². The van der Waals surface area contributed by atoms with Crippen LogP contribution in [-0.4, -0.2) is 14.8 Å². The van der Waals surface area contributed by atoms with E-state index in [4.69, 9.17) is 16.6 Å². The highest BCUT2D eigenvalue weighted by Crippen LogP contribution is 2.27. The number of hydrogen-bond acceptors (Lipinski definition) is 4. The van der Waals surface area contributed by atoms with Crippen LogP contribution in [0.15, 0.2) is 40.3 Å². The lowest BCUT2D eigenvalue weighted by atomic mass is 10.1. The molecule has 3 aromatic heterocycles. The van der Waals surface area contributed by atoms with Gasteiger partial charge >= 0.3 is 0 Å². The number of aromatic amines is 1. The van der Waals surface area contributed by atoms with E-state index in [1.807, 2.05) is 23.6 Å². The number of hydrogen-bond donors (Lipinski definition) is 1. The number of H-pyrrole nitrogens is 1. The lowest BCUT2D eigenvalue weighted by molar-refractivity contribution is 0.452. The summed E-state index contributed by atoms with van der Waals surface area (Å²) in [6, 6.07) is 8.27. The fourth-order valence-electron chi connectivity index (χ4n) is 2.23. The van der Waals surface area contributed by atoms with E-state index in [2.05, 4.69) is 27.8 Å². The fraction of sp³-hybridized carbons (Fsp3) is 0.286. The van der Waals surface area contributed by atoms with Crippen LogP contribution in [0.4, 0.5) is 0 Å². The Hall–Kier alpha value is -1.66. The van der Waals surface area contributed by atoms with E-state index < -0.39 is 0 Å². The molecule has 0 saturated heterocycles. The quantitative estimate of drug-likeness (QED) is 0.708. The Kier molecular flexibility index (Phi) is 3.84. The minimum absolute atomic E-state index is 0.267. The summed E-state index contributed by atoms with van der Waals surface area (Å²) < 4.78 is 8.13. The first-order valence-corrected chi connectivity index (χ1v) is 7.77. The van der Waals surface area contributed by atoms with Gasteiger partial charge in [-0.15, -0.1) is 11.3 Å². The van der Waals surface area contributed by atoms with Crippen molar-refractivity contribution in [2.45, 2.75) is 25.8 Å². The Morgan fingerprint density at radius 2 is 2.35 bits per heavy atom. The van der Waals surface area contributed by atoms with Crippen LogP contribution < -0.4 is 0 Å². The highest BCUT2D eigenvalue weighted by molar-refractivity contribution is 7.71. The molecule has 3 heterocycles. The van der Waals surface area contributed by atoms with Gasteiger partial charge in [0.2, 0.25) is 0 Å². The summed E-state index contributed by atoms with van der Waals surface area (Å²) in [5, 5.41) is 9.30. The third-order valence-corrected chi connectivity index (χ3v) is 4.43. The largest absolute Gasteiger partial charge is 0.469 e. The van der Waals surface area contributed by atoms with Gasteiger partial charge < -0.3 is 4.42 Å². The van der Waals surface area contributed by atoms with E-state index >= 15 is 0 Å². The molecule has 0 fully saturated rings. The first-order chi connectivity index (χ1) is 9.75. The molecule has 0 amide bonds. The molecule has 3 rings (SSSR count). The summed E-state index contributed by atoms with van der Waals surface area (Å²) in [7, 11) is 0. The maximum atomic E-state index is 5.38. The second kappa shape index (κ2) is 5.76. The van der Waals surface area contributed by atoms with Gasteiger partial charge in [0.05, 0.1) is 11.1 Å². The van der Waals surface area contributed by atoms with Crippen molar-refractivity contribution in [2.75, 3.05) is 0 Å². The summed E-state index contributed by atoms with van der Waals surface area (Å²) in [4.78, 5) is 1.13. The molecule has 20 heavy (non-hydrogen) atoms. The molecular formula is C14H15N3OS2. The van der Waals surface area contributed by atoms with E-state index in [0.29, 0.717) is 4.77 Å². The van der Waals surface area contributed by atoms with Crippen molar-refractivity contribution in [1.82, 2.24) is 14.8 Å². The number of rotatable bonds is 5. The molecule has 0 saturated carbocycles. The van der Waals surface area contributed by atoms with Crippen LogP contribution in [0.5, 0.6) is 0 Å². The van der Waals surface area contributed by atoms with Crippen molar-refractivity contribution < 1.29 is 4.42 Å². The number of aromatic nitrogens is 3. The molecule has 0 aliphatic carbocycles. The smallest absolute Gasteiger partial charge is 0.195 e. The lowest BCUT2D eigenvalue weighted by Gasteiger charge is -2.14. The SMILES string of the molecule is CC(CCc1ccco1)n1c(-c2cccs2)n[nH]c1=S. The van der Waals surface area contributed by atoms with Crippen LogP contribution in [0.25, 0.3) is 10.7 Å². The molecule has 0 aliphatic heterocycles. The molecule has 3 aromatic rings. The molecule has 0 radical (unpaired) electrons. The third kappa shape index (κ3) is 2.62. The van der Waals surface area contributed by atoms with Crippen molar-refractivity contribution in [1.29, 1.82) is 0 Å². The molecule has 1 unspecified atom stereocenters. The van der Waals surface area contributed by atoms with E-state index in [0.717, 1.165) is 29.3 Å². The predicted molar refractivity (Wildman–Crippen MR) is 82.5 cm³/mol. The molecule has 104 valence electrons. The van der Waals surface area contributed by atoms with E-state index in [9.17, 15) is 0 Å². The zero-order valence-corrected chi connectivity index (χ0v) is 12.7. The van der Waals surface area contributed by atoms with Gasteiger partial charge in [0.1, 0.15) is 5.76 Å². The molecule has 6 heteroatoms. The highest BCUT2D eigenvalue weighted by Gasteiger charge is 2.15. The van der Waals surface area contributed by atoms with Gasteiger partial charge in [0.25, 0.3) is 0 Å². The van der Waals surface area contributed by atoms with Gasteiger partial charge in [-0.25, -0.2) is 0 Å². The Balaban J connectivity index is 1.82. The van der Waals surface area contributed by atoms with Crippen LogP contribution in [0.1, 0.15) is 25.1 Å². The molecule has 4 nitrogen and oxygen atoms in total. The molecule has 0 bridgehead atoms. The minimum atomic E-state index is 0.267. The van der Waals surface area contributed by atoms with Crippen molar-refractivity contribution in [3.63, 3.8) is 0 Å². The van der Waals surface area contributed by atoms with Crippen molar-refractivity contribution in [3.05, 3.63) is 46.4 Å². The summed E-state index contributed by atoms with van der Waals surface area (Å²) in [6.45, 7) is 2.16. The van der Waals surface area contributed by atoms with Crippen LogP contribution in [0, 0.1) is 4.77 Å². The summed E-state index contributed by atoms with van der Waals surface area (Å²) >= 11 is 7.03. The standard InChI is InChI=1S/C14H15N3OS2/c1-10(6-7-11-4-2-8-18-11)17-13(15-16-14(17)19)12-5-3-9-20-12/h2-5,8-10H,6-7H2,1H3,(H,16,19). The summed E-state index contributed by atoms with van der Waals surface area (Å²) in [5.74, 6) is 1.92. The summed E-state index contributed by atoms with van der Waals surface area (Å²) in [5.41, 5.74) is 0. The zero-order valence-electron chi connectivity index (χ0n) is 11.1. The minimum Gasteiger partial charge on any atom is -0.469 e. The molecule has 1 atom stereocenters. The molecule has 0 aromatic carbocycles. The molecule has 0 spiro atoms. The Bertz CT molecular complexity index is 710. The third-order valence-electron chi connectivity index (χ3n) is 3.28. The van der Waals surface area contributed by atoms with Gasteiger partial charge in [-0.05, 0) is 49.1 Å². The van der Waals surface area contributed by atoms with Crippen LogP contribution in [-0.2, 0) is 6.42 Å². The number of furan rings is 1. The predicted octanol–water partition coefficient (Wildman–Crippen LogP) is 4.46. The Morgan fingerprint density at radius 1 is 1.45 bits per heavy atom. The number of nitrogens with one attached hydrogen (secondary N) is 1. The Labute approximate surface area is 126 Å². The molecule has 0 aliphatic rings. The number of aryl methyl sites for hydroxylation is 1. The molecular weight excluding hydrogens is 290 g/mol. The Morgan fingerprint density at radius 3 is 3.05 bits per heavy atom. The zero-order chi connectivity index (χ0) is 13.9. The number of thiophene rings is 1. The van der Waals surface area contributed by atoms with Crippen molar-refractivity contribution >= 4 is 23.6 Å². The van der Waals surface area contributed by atoms with Gasteiger partial charge in [-0.1, -0.05) is 6.07 Å². The number of nitrogens with zero attached hydrogens (tertiary/aromatic N) is 2. The highest BCUT2D eigenvalue weighted by atomic mass is 32.1. The van der Waals surface area contributed by atoms with Crippen LogP contribution in [0.2, 0.25) is 0 Å². The van der Waals surface area contributed by atoms with Gasteiger partial charge in [-0.3, -0.25) is 9.67 Å². The lowest BCUT2D eigenvalue weighted by Crippen LogP contribution is -2.08. The monoisotopic (exact) mass is 305 g/mol. The van der Waals surface area contributed by atoms with E-state index in [1.54, 1.807) is 17.6 Å². The first kappa shape index (κ1) is 13.3. The molecule has 1 N–H and O–H groups in total. The fourth-order valence-corrected chi connectivity index (χ4v) is 3.25. The second-order valence-electron chi connectivity index (χ2n) is 4.67. The van der Waals surface area contributed by atoms with E-state index in [1.165, 1.54) is 0 Å². The average molecular weight is 305 g/mol. The van der Waals surface area contributed by atoms with Crippen LogP contribution >= 0.6 is 23.6 Å². The van der Waals surface area contributed by atoms with Crippen molar-refractivity contribution in [2.24, 2.45) is 0 Å². The van der Waals surface area contributed by atoms with Gasteiger partial charge in [0, 0.05) is 12.5 Å². The topological polar surface area (TPSA) is 46.8 Å². The van der Waals surface area contributed by atoms with Gasteiger partial charge in [0.15, 0.2) is 10.6 Å². The van der Waals surface area contributed by atoms with Crippen molar-refractivity contribution in [3.8, 4) is 10.7 Å². The maximum absolute atomic E-state index is 5.38. The first-order valence-electron chi connectivity index (χ1n) is 6.49. The van der Waals surface area contributed by atoms with Crippen LogP contribution in [0.3, 0.4) is 0 Å². The average Bonchev–Trinajstić information content (AvgIpc) is 3.17. The normalized spacial score (nSPS) is 12.7.